The zero-order valence-corrected chi connectivity index (χ0v) is 17.7. The van der Waals surface area contributed by atoms with E-state index < -0.39 is 24.4 Å². The van der Waals surface area contributed by atoms with Crippen LogP contribution >= 0.6 is 0 Å². The average Bonchev–Trinajstić information content (AvgIpc) is 3.25. The maximum absolute atomic E-state index is 12.1. The van der Waals surface area contributed by atoms with Gasteiger partial charge in [0.25, 0.3) is 5.91 Å². The van der Waals surface area contributed by atoms with E-state index in [1.165, 1.54) is 13.4 Å². The van der Waals surface area contributed by atoms with Gasteiger partial charge < -0.3 is 24.5 Å². The molecule has 0 aliphatic heterocycles. The summed E-state index contributed by atoms with van der Waals surface area (Å²) in [5.41, 5.74) is 2.62. The van der Waals surface area contributed by atoms with Gasteiger partial charge in [-0.15, -0.1) is 0 Å². The van der Waals surface area contributed by atoms with Crippen LogP contribution in [0.1, 0.15) is 11.3 Å². The van der Waals surface area contributed by atoms with Crippen molar-refractivity contribution < 1.29 is 28.3 Å². The number of aryl methyl sites for hydroxylation is 1. The summed E-state index contributed by atoms with van der Waals surface area (Å²) >= 11 is 0. The lowest BCUT2D eigenvalue weighted by Gasteiger charge is -2.11. The van der Waals surface area contributed by atoms with Crippen molar-refractivity contribution in [2.24, 2.45) is 0 Å². The van der Waals surface area contributed by atoms with Crippen molar-refractivity contribution in [3.8, 4) is 17.2 Å². The van der Waals surface area contributed by atoms with E-state index in [0.29, 0.717) is 23.0 Å². The smallest absolute Gasteiger partial charge is 0.312 e. The molecule has 0 saturated heterocycles. The highest BCUT2D eigenvalue weighted by molar-refractivity contribution is 5.96. The number of hydrogen-bond acceptors (Lipinski definition) is 7. The van der Waals surface area contributed by atoms with Gasteiger partial charge in [0.05, 0.1) is 31.5 Å². The molecule has 2 aromatic carbocycles. The largest absolute Gasteiger partial charge is 0.495 e. The molecule has 3 rings (SSSR count). The Morgan fingerprint density at radius 3 is 2.59 bits per heavy atom. The molecule has 0 fully saturated rings. The molecule has 0 aliphatic carbocycles. The van der Waals surface area contributed by atoms with Crippen LogP contribution in [0, 0.1) is 6.92 Å². The van der Waals surface area contributed by atoms with Crippen molar-refractivity contribution in [3.05, 3.63) is 66.1 Å². The summed E-state index contributed by atoms with van der Waals surface area (Å²) in [6.45, 7) is 1.09. The Kier molecular flexibility index (Phi) is 7.58. The van der Waals surface area contributed by atoms with E-state index >= 15 is 0 Å². The monoisotopic (exact) mass is 437 g/mol. The van der Waals surface area contributed by atoms with Gasteiger partial charge in [0.2, 0.25) is 11.8 Å². The summed E-state index contributed by atoms with van der Waals surface area (Å²) in [6, 6.07) is 14.6. The number of amides is 2. The number of anilines is 1. The number of carbonyl (C=O) groups excluding carboxylic acids is 3. The fraction of sp³-hybridized carbons (Fsp3) is 0.217. The molecule has 32 heavy (non-hydrogen) atoms. The van der Waals surface area contributed by atoms with Gasteiger partial charge in [-0.05, 0) is 36.8 Å². The number of carbonyl (C=O) groups is 3. The SMILES string of the molecule is COc1ccc(C)cc1NC(=O)CNC(=O)COC(=O)Cc1coc(-c2ccccc2)n1. The van der Waals surface area contributed by atoms with Crippen molar-refractivity contribution in [1.29, 1.82) is 0 Å². The molecule has 1 heterocycles. The molecule has 0 spiro atoms. The molecular weight excluding hydrogens is 414 g/mol. The Labute approximate surface area is 184 Å². The molecule has 166 valence electrons. The fourth-order valence-electron chi connectivity index (χ4n) is 2.79. The van der Waals surface area contributed by atoms with Gasteiger partial charge in [-0.1, -0.05) is 24.3 Å². The van der Waals surface area contributed by atoms with Crippen molar-refractivity contribution in [2.45, 2.75) is 13.3 Å². The number of benzene rings is 2. The highest BCUT2D eigenvalue weighted by Gasteiger charge is 2.14. The van der Waals surface area contributed by atoms with Crippen LogP contribution in [0.5, 0.6) is 5.75 Å². The molecule has 0 bridgehead atoms. The quantitative estimate of drug-likeness (QED) is 0.494. The summed E-state index contributed by atoms with van der Waals surface area (Å²) in [7, 11) is 1.50. The number of oxazole rings is 1. The van der Waals surface area contributed by atoms with E-state index in [4.69, 9.17) is 13.9 Å². The number of aromatic nitrogens is 1. The first kappa shape index (κ1) is 22.5. The Morgan fingerprint density at radius 2 is 1.84 bits per heavy atom. The summed E-state index contributed by atoms with van der Waals surface area (Å²) < 4.78 is 15.5. The predicted molar refractivity (Wildman–Crippen MR) is 116 cm³/mol. The number of esters is 1. The highest BCUT2D eigenvalue weighted by atomic mass is 16.5. The minimum absolute atomic E-state index is 0.142. The molecule has 9 nitrogen and oxygen atoms in total. The average molecular weight is 437 g/mol. The third-order valence-electron chi connectivity index (χ3n) is 4.34. The third kappa shape index (κ3) is 6.43. The Hall–Kier alpha value is -4.14. The summed E-state index contributed by atoms with van der Waals surface area (Å²) in [4.78, 5) is 40.2. The fourth-order valence-corrected chi connectivity index (χ4v) is 2.79. The first-order valence-electron chi connectivity index (χ1n) is 9.81. The first-order chi connectivity index (χ1) is 15.4. The van der Waals surface area contributed by atoms with Gasteiger partial charge >= 0.3 is 5.97 Å². The Balaban J connectivity index is 1.40. The van der Waals surface area contributed by atoms with Crippen molar-refractivity contribution in [1.82, 2.24) is 10.3 Å². The van der Waals surface area contributed by atoms with Crippen LogP contribution in [-0.2, 0) is 25.5 Å². The molecule has 3 aromatic rings. The van der Waals surface area contributed by atoms with Crippen LogP contribution in [0.3, 0.4) is 0 Å². The van der Waals surface area contributed by atoms with Crippen LogP contribution < -0.4 is 15.4 Å². The van der Waals surface area contributed by atoms with Crippen molar-refractivity contribution >= 4 is 23.5 Å². The molecule has 0 aliphatic rings. The zero-order chi connectivity index (χ0) is 22.9. The van der Waals surface area contributed by atoms with Crippen molar-refractivity contribution in [3.63, 3.8) is 0 Å². The molecule has 2 amide bonds. The normalized spacial score (nSPS) is 10.3. The lowest BCUT2D eigenvalue weighted by atomic mass is 10.2. The number of methoxy groups -OCH3 is 1. The lowest BCUT2D eigenvalue weighted by Crippen LogP contribution is -2.35. The minimum Gasteiger partial charge on any atom is -0.495 e. The first-order valence-corrected chi connectivity index (χ1v) is 9.81. The van der Waals surface area contributed by atoms with E-state index in [0.717, 1.165) is 11.1 Å². The van der Waals surface area contributed by atoms with Gasteiger partial charge in [-0.3, -0.25) is 14.4 Å². The van der Waals surface area contributed by atoms with E-state index in [9.17, 15) is 14.4 Å². The van der Waals surface area contributed by atoms with E-state index in [1.54, 1.807) is 12.1 Å². The summed E-state index contributed by atoms with van der Waals surface area (Å²) in [6.07, 6.45) is 1.23. The molecule has 9 heteroatoms. The number of rotatable bonds is 9. The summed E-state index contributed by atoms with van der Waals surface area (Å²) in [5, 5.41) is 5.06. The second kappa shape index (κ2) is 10.8. The zero-order valence-electron chi connectivity index (χ0n) is 17.7. The van der Waals surface area contributed by atoms with E-state index in [1.807, 2.05) is 43.3 Å². The minimum atomic E-state index is -0.637. The molecule has 0 atom stereocenters. The topological polar surface area (TPSA) is 120 Å². The number of ether oxygens (including phenoxy) is 2. The summed E-state index contributed by atoms with van der Waals surface area (Å²) in [5.74, 6) is -0.781. The van der Waals surface area contributed by atoms with Gasteiger partial charge in [-0.2, -0.15) is 0 Å². The molecular formula is C23H23N3O6. The number of nitrogens with one attached hydrogen (secondary N) is 2. The third-order valence-corrected chi connectivity index (χ3v) is 4.34. The van der Waals surface area contributed by atoms with Crippen molar-refractivity contribution in [2.75, 3.05) is 25.6 Å². The Bertz CT molecular complexity index is 1090. The second-order valence-corrected chi connectivity index (χ2v) is 6.88. The molecule has 0 unspecified atom stereocenters. The van der Waals surface area contributed by atoms with Crippen LogP contribution in [0.25, 0.3) is 11.5 Å². The highest BCUT2D eigenvalue weighted by Crippen LogP contribution is 2.25. The van der Waals surface area contributed by atoms with Crippen LogP contribution in [0.15, 0.2) is 59.2 Å². The van der Waals surface area contributed by atoms with Crippen LogP contribution in [0.2, 0.25) is 0 Å². The molecule has 0 saturated carbocycles. The Morgan fingerprint density at radius 1 is 1.06 bits per heavy atom. The second-order valence-electron chi connectivity index (χ2n) is 6.88. The van der Waals surface area contributed by atoms with E-state index in [2.05, 4.69) is 15.6 Å². The van der Waals surface area contributed by atoms with Crippen LogP contribution in [-0.4, -0.2) is 43.0 Å². The predicted octanol–water partition coefficient (Wildman–Crippen LogP) is 2.50. The molecule has 0 radical (unpaired) electrons. The standard InChI is InChI=1S/C23H23N3O6/c1-15-8-9-19(30-2)18(10-15)26-20(27)12-24-21(28)14-31-22(29)11-17-13-32-23(25-17)16-6-4-3-5-7-16/h3-10,13H,11-12,14H2,1-2H3,(H,24,28)(H,26,27). The van der Waals surface area contributed by atoms with Gasteiger partial charge in [-0.25, -0.2) is 4.98 Å². The maximum atomic E-state index is 12.1. The number of hydrogen-bond donors (Lipinski definition) is 2. The van der Waals surface area contributed by atoms with Gasteiger partial charge in [0.15, 0.2) is 6.61 Å². The van der Waals surface area contributed by atoms with Gasteiger partial charge in [0.1, 0.15) is 12.0 Å². The van der Waals surface area contributed by atoms with E-state index in [-0.39, 0.29) is 13.0 Å². The lowest BCUT2D eigenvalue weighted by molar-refractivity contribution is -0.148. The number of nitrogens with zero attached hydrogens (tertiary/aromatic N) is 1. The molecule has 1 aromatic heterocycles. The van der Waals surface area contributed by atoms with Gasteiger partial charge in [0, 0.05) is 5.56 Å². The van der Waals surface area contributed by atoms with Crippen LogP contribution in [0.4, 0.5) is 5.69 Å². The maximum Gasteiger partial charge on any atom is 0.312 e. The molecule has 2 N–H and O–H groups in total.